The van der Waals surface area contributed by atoms with Gasteiger partial charge in [0, 0.05) is 54.7 Å². The number of carbonyl (C=O) groups is 2. The number of pyridine rings is 1. The van der Waals surface area contributed by atoms with Crippen LogP contribution < -0.4 is 15.5 Å². The molecule has 0 saturated carbocycles. The van der Waals surface area contributed by atoms with Crippen molar-refractivity contribution < 1.29 is 9.59 Å². The van der Waals surface area contributed by atoms with Crippen molar-refractivity contribution in [2.24, 2.45) is 0 Å². The number of hydrogen-bond donors (Lipinski definition) is 2. The molecule has 9 heteroatoms. The Balaban J connectivity index is 1.37. The predicted molar refractivity (Wildman–Crippen MR) is 113 cm³/mol. The summed E-state index contributed by atoms with van der Waals surface area (Å²) in [7, 11) is 0. The lowest BCUT2D eigenvalue weighted by Crippen LogP contribution is -2.52. The number of hydrogen-bond acceptors (Lipinski definition) is 6. The van der Waals surface area contributed by atoms with Crippen molar-refractivity contribution >= 4 is 34.1 Å². The monoisotopic (exact) mass is 414 g/mol. The number of aromatic nitrogens is 2. The number of thiazole rings is 1. The molecule has 2 saturated heterocycles. The van der Waals surface area contributed by atoms with Crippen LogP contribution in [-0.2, 0) is 11.3 Å². The Bertz CT molecular complexity index is 915. The molecule has 2 N–H and O–H groups in total. The number of amides is 3. The summed E-state index contributed by atoms with van der Waals surface area (Å²) in [6.45, 7) is 8.72. The summed E-state index contributed by atoms with van der Waals surface area (Å²) < 4.78 is 0. The van der Waals surface area contributed by atoms with E-state index in [1.165, 1.54) is 18.3 Å². The number of piperidine rings is 1. The summed E-state index contributed by atoms with van der Waals surface area (Å²) in [6.07, 6.45) is 3.65. The van der Waals surface area contributed by atoms with Crippen LogP contribution in [0.1, 0.15) is 36.0 Å². The topological polar surface area (TPSA) is 90.5 Å². The molecule has 2 aliphatic heterocycles. The van der Waals surface area contributed by atoms with E-state index < -0.39 is 0 Å². The molecule has 0 aliphatic carbocycles. The lowest BCUT2D eigenvalue weighted by atomic mass is 9.88. The summed E-state index contributed by atoms with van der Waals surface area (Å²) in [4.78, 5) is 37.8. The van der Waals surface area contributed by atoms with E-state index in [1.54, 1.807) is 0 Å². The Morgan fingerprint density at radius 3 is 2.62 bits per heavy atom. The first-order chi connectivity index (χ1) is 13.8. The fourth-order valence-corrected chi connectivity index (χ4v) is 5.02. The van der Waals surface area contributed by atoms with E-state index in [0.717, 1.165) is 54.4 Å². The van der Waals surface area contributed by atoms with E-state index in [4.69, 9.17) is 0 Å². The minimum atomic E-state index is -0.173. The van der Waals surface area contributed by atoms with Crippen LogP contribution in [0.25, 0.3) is 0 Å². The summed E-state index contributed by atoms with van der Waals surface area (Å²) in [5, 5.41) is 6.62. The van der Waals surface area contributed by atoms with E-state index in [1.807, 2.05) is 37.1 Å². The van der Waals surface area contributed by atoms with Gasteiger partial charge in [-0.3, -0.25) is 19.6 Å². The Labute approximate surface area is 174 Å². The second kappa shape index (κ2) is 7.72. The maximum atomic E-state index is 12.7. The third-order valence-corrected chi connectivity index (χ3v) is 6.38. The molecule has 29 heavy (non-hydrogen) atoms. The second-order valence-electron chi connectivity index (χ2n) is 7.99. The van der Waals surface area contributed by atoms with E-state index in [9.17, 15) is 9.59 Å². The minimum absolute atomic E-state index is 0.0224. The molecular formula is C20H26N6O2S. The molecule has 154 valence electrons. The van der Waals surface area contributed by atoms with Gasteiger partial charge in [-0.05, 0) is 38.8 Å². The van der Waals surface area contributed by atoms with Gasteiger partial charge in [-0.1, -0.05) is 0 Å². The number of aryl methyl sites for hydroxylation is 2. The van der Waals surface area contributed by atoms with Gasteiger partial charge in [0.2, 0.25) is 5.91 Å². The molecule has 0 aromatic carbocycles. The molecule has 4 heterocycles. The number of urea groups is 1. The first-order valence-electron chi connectivity index (χ1n) is 9.82. The first-order valence-corrected chi connectivity index (χ1v) is 10.6. The smallest absolute Gasteiger partial charge is 0.322 e. The zero-order valence-corrected chi connectivity index (χ0v) is 17.8. The van der Waals surface area contributed by atoms with Gasteiger partial charge in [0.1, 0.15) is 0 Å². The van der Waals surface area contributed by atoms with Crippen LogP contribution in [0.5, 0.6) is 0 Å². The molecule has 4 rings (SSSR count). The van der Waals surface area contributed by atoms with Gasteiger partial charge in [0.05, 0.1) is 12.1 Å². The standard InChI is InChI=1S/C20H26N6O2S/c1-13-8-16(9-14(2)22-13)26-12-20(24-19(26)28)4-6-25(7-5-20)11-17-10-21-18(29-17)23-15(3)27/h8-10H,4-7,11-12H2,1-3H3,(H,24,28)(H,21,23,27). The lowest BCUT2D eigenvalue weighted by Gasteiger charge is -2.38. The molecule has 2 fully saturated rings. The number of likely N-dealkylation sites (tertiary alicyclic amines) is 1. The SMILES string of the molecule is CC(=O)Nc1ncc(CN2CCC3(CC2)CN(c2cc(C)nc(C)c2)C(=O)N3)s1. The molecule has 1 spiro atoms. The Morgan fingerprint density at radius 2 is 1.97 bits per heavy atom. The zero-order valence-electron chi connectivity index (χ0n) is 17.0. The summed E-state index contributed by atoms with van der Waals surface area (Å²) in [5.74, 6) is -0.105. The maximum Gasteiger partial charge on any atom is 0.322 e. The van der Waals surface area contributed by atoms with Gasteiger partial charge in [-0.25, -0.2) is 9.78 Å². The molecule has 2 aliphatic rings. The van der Waals surface area contributed by atoms with Crippen molar-refractivity contribution in [3.63, 3.8) is 0 Å². The van der Waals surface area contributed by atoms with Gasteiger partial charge in [0.15, 0.2) is 5.13 Å². The van der Waals surface area contributed by atoms with Crippen LogP contribution in [0, 0.1) is 13.8 Å². The summed E-state index contributed by atoms with van der Waals surface area (Å²) in [5.41, 5.74) is 2.59. The molecule has 0 bridgehead atoms. The van der Waals surface area contributed by atoms with E-state index in [2.05, 4.69) is 25.5 Å². The quantitative estimate of drug-likeness (QED) is 0.803. The molecule has 3 amide bonds. The van der Waals surface area contributed by atoms with Crippen molar-refractivity contribution in [3.05, 3.63) is 34.6 Å². The number of nitrogens with one attached hydrogen (secondary N) is 2. The average Bonchev–Trinajstić information content (AvgIpc) is 3.20. The van der Waals surface area contributed by atoms with Crippen LogP contribution in [0.4, 0.5) is 15.6 Å². The third kappa shape index (κ3) is 4.40. The second-order valence-corrected chi connectivity index (χ2v) is 9.11. The molecule has 2 aromatic heterocycles. The van der Waals surface area contributed by atoms with Gasteiger partial charge in [-0.2, -0.15) is 0 Å². The number of carbonyl (C=O) groups excluding carboxylic acids is 2. The van der Waals surface area contributed by atoms with Crippen LogP contribution in [0.2, 0.25) is 0 Å². The van der Waals surface area contributed by atoms with Crippen molar-refractivity contribution in [2.45, 2.75) is 45.7 Å². The fourth-order valence-electron chi connectivity index (χ4n) is 4.12. The Hall–Kier alpha value is -2.52. The molecule has 0 unspecified atom stereocenters. The fraction of sp³-hybridized carbons (Fsp3) is 0.500. The van der Waals surface area contributed by atoms with Gasteiger partial charge < -0.3 is 10.6 Å². The molecule has 2 aromatic rings. The highest BCUT2D eigenvalue weighted by Crippen LogP contribution is 2.32. The van der Waals surface area contributed by atoms with E-state index in [0.29, 0.717) is 11.7 Å². The lowest BCUT2D eigenvalue weighted by molar-refractivity contribution is -0.114. The number of anilines is 2. The van der Waals surface area contributed by atoms with Crippen LogP contribution in [0.3, 0.4) is 0 Å². The maximum absolute atomic E-state index is 12.7. The molecule has 8 nitrogen and oxygen atoms in total. The molecular weight excluding hydrogens is 388 g/mol. The van der Waals surface area contributed by atoms with E-state index >= 15 is 0 Å². The number of nitrogens with zero attached hydrogens (tertiary/aromatic N) is 4. The largest absolute Gasteiger partial charge is 0.330 e. The van der Waals surface area contributed by atoms with Crippen molar-refractivity contribution in [2.75, 3.05) is 29.9 Å². The van der Waals surface area contributed by atoms with E-state index in [-0.39, 0.29) is 17.5 Å². The molecule has 0 radical (unpaired) electrons. The highest BCUT2D eigenvalue weighted by Gasteiger charge is 2.44. The predicted octanol–water partition coefficient (Wildman–Crippen LogP) is 2.68. The van der Waals surface area contributed by atoms with Gasteiger partial charge in [0.25, 0.3) is 0 Å². The van der Waals surface area contributed by atoms with Crippen molar-refractivity contribution in [1.82, 2.24) is 20.2 Å². The van der Waals surface area contributed by atoms with Crippen molar-refractivity contribution in [1.29, 1.82) is 0 Å². The Kier molecular flexibility index (Phi) is 5.26. The number of rotatable bonds is 4. The minimum Gasteiger partial charge on any atom is -0.330 e. The highest BCUT2D eigenvalue weighted by atomic mass is 32.1. The first kappa shape index (κ1) is 19.8. The normalized spacial score (nSPS) is 18.9. The Morgan fingerprint density at radius 1 is 1.28 bits per heavy atom. The van der Waals surface area contributed by atoms with Gasteiger partial charge in [-0.15, -0.1) is 11.3 Å². The summed E-state index contributed by atoms with van der Waals surface area (Å²) >= 11 is 1.51. The van der Waals surface area contributed by atoms with Crippen LogP contribution in [0.15, 0.2) is 18.3 Å². The van der Waals surface area contributed by atoms with Crippen LogP contribution >= 0.6 is 11.3 Å². The van der Waals surface area contributed by atoms with Crippen LogP contribution in [-0.4, -0.2) is 52.0 Å². The third-order valence-electron chi connectivity index (χ3n) is 5.49. The zero-order chi connectivity index (χ0) is 20.6. The van der Waals surface area contributed by atoms with Crippen molar-refractivity contribution in [3.8, 4) is 0 Å². The molecule has 0 atom stereocenters. The summed E-state index contributed by atoms with van der Waals surface area (Å²) in [6, 6.07) is 3.92. The highest BCUT2D eigenvalue weighted by molar-refractivity contribution is 7.15. The van der Waals surface area contributed by atoms with Gasteiger partial charge >= 0.3 is 6.03 Å². The average molecular weight is 415 g/mol.